The van der Waals surface area contributed by atoms with Gasteiger partial charge in [0, 0.05) is 23.2 Å². The number of aromatic nitrogens is 2. The maximum Gasteiger partial charge on any atom is 0.284 e. The third-order valence-electron chi connectivity index (χ3n) is 5.24. The highest BCUT2D eigenvalue weighted by Crippen LogP contribution is 2.62. The van der Waals surface area contributed by atoms with Crippen LogP contribution in [0.25, 0.3) is 16.7 Å². The molecule has 0 fully saturated rings. The van der Waals surface area contributed by atoms with Crippen molar-refractivity contribution in [2.75, 3.05) is 0 Å². The molecular formula is C18H12F4N2O. The van der Waals surface area contributed by atoms with Crippen LogP contribution in [-0.4, -0.2) is 20.6 Å². The molecule has 3 aromatic rings. The molecule has 5 rings (SSSR count). The van der Waals surface area contributed by atoms with Crippen molar-refractivity contribution < 1.29 is 22.7 Å². The van der Waals surface area contributed by atoms with Crippen LogP contribution in [-0.2, 0) is 17.9 Å². The number of hydrogen-bond acceptors (Lipinski definition) is 2. The third kappa shape index (κ3) is 1.71. The Kier molecular flexibility index (Phi) is 2.51. The lowest BCUT2D eigenvalue weighted by Crippen LogP contribution is -2.41. The average Bonchev–Trinajstić information content (AvgIpc) is 3.10. The first kappa shape index (κ1) is 14.9. The van der Waals surface area contributed by atoms with Gasteiger partial charge in [0.25, 0.3) is 11.8 Å². The lowest BCUT2D eigenvalue weighted by molar-refractivity contribution is -0.198. The second-order valence-electron chi connectivity index (χ2n) is 6.75. The van der Waals surface area contributed by atoms with Gasteiger partial charge in [-0.2, -0.15) is 0 Å². The standard InChI is InChI=1S/C18H12F4N2O/c19-17(20)8-16(25)15-10(7-18(16,21)22)5-11(6-12(15)17)24-9-23-13-3-1-2-4-14(13)24/h1-6,9,25H,7-8H2. The van der Waals surface area contributed by atoms with Crippen LogP contribution in [0.5, 0.6) is 0 Å². The smallest absolute Gasteiger partial charge is 0.284 e. The summed E-state index contributed by atoms with van der Waals surface area (Å²) in [6, 6.07) is 9.77. The van der Waals surface area contributed by atoms with E-state index in [4.69, 9.17) is 0 Å². The van der Waals surface area contributed by atoms with Crippen molar-refractivity contribution in [2.24, 2.45) is 0 Å². The van der Waals surface area contributed by atoms with Crippen molar-refractivity contribution in [1.82, 2.24) is 9.55 Å². The van der Waals surface area contributed by atoms with Crippen molar-refractivity contribution in [3.63, 3.8) is 0 Å². The minimum absolute atomic E-state index is 0.0648. The number of fused-ring (bicyclic) bond motifs is 1. The molecule has 2 aromatic carbocycles. The van der Waals surface area contributed by atoms with Crippen LogP contribution >= 0.6 is 0 Å². The summed E-state index contributed by atoms with van der Waals surface area (Å²) < 4.78 is 59.0. The van der Waals surface area contributed by atoms with Gasteiger partial charge in [0.2, 0.25) is 0 Å². The first-order chi connectivity index (χ1) is 11.7. The van der Waals surface area contributed by atoms with E-state index in [1.54, 1.807) is 28.8 Å². The van der Waals surface area contributed by atoms with Gasteiger partial charge < -0.3 is 5.11 Å². The lowest BCUT2D eigenvalue weighted by Gasteiger charge is -2.27. The van der Waals surface area contributed by atoms with Gasteiger partial charge in [-0.3, -0.25) is 4.57 Å². The molecule has 3 nitrogen and oxygen atoms in total. The highest BCUT2D eigenvalue weighted by molar-refractivity contribution is 5.77. The Bertz CT molecular complexity index is 1040. The number of nitrogens with zero attached hydrogens (tertiary/aromatic N) is 2. The zero-order valence-corrected chi connectivity index (χ0v) is 12.8. The molecule has 0 saturated heterocycles. The van der Waals surface area contributed by atoms with Crippen LogP contribution in [0.3, 0.4) is 0 Å². The average molecular weight is 348 g/mol. The number of benzene rings is 2. The van der Waals surface area contributed by atoms with Crippen LogP contribution in [0, 0.1) is 0 Å². The van der Waals surface area contributed by atoms with Gasteiger partial charge in [0.15, 0.2) is 5.60 Å². The molecule has 7 heteroatoms. The summed E-state index contributed by atoms with van der Waals surface area (Å²) >= 11 is 0. The Morgan fingerprint density at radius 2 is 1.84 bits per heavy atom. The second-order valence-corrected chi connectivity index (χ2v) is 6.75. The number of alkyl halides is 4. The van der Waals surface area contributed by atoms with E-state index in [0.29, 0.717) is 16.7 Å². The molecule has 0 saturated carbocycles. The van der Waals surface area contributed by atoms with Gasteiger partial charge in [-0.05, 0) is 29.8 Å². The van der Waals surface area contributed by atoms with Crippen molar-refractivity contribution >= 4 is 11.0 Å². The summed E-state index contributed by atoms with van der Waals surface area (Å²) in [6.45, 7) is 0. The lowest BCUT2D eigenvalue weighted by atomic mass is 9.95. The predicted molar refractivity (Wildman–Crippen MR) is 82.1 cm³/mol. The summed E-state index contributed by atoms with van der Waals surface area (Å²) in [5, 5.41) is 10.3. The molecule has 0 amide bonds. The van der Waals surface area contributed by atoms with E-state index in [0.717, 1.165) is 0 Å². The Morgan fingerprint density at radius 3 is 2.64 bits per heavy atom. The summed E-state index contributed by atoms with van der Waals surface area (Å²) in [6.07, 6.45) is -0.558. The number of hydrogen-bond donors (Lipinski definition) is 1. The van der Waals surface area contributed by atoms with Gasteiger partial charge in [-0.25, -0.2) is 22.5 Å². The van der Waals surface area contributed by atoms with Crippen molar-refractivity contribution in [3.05, 3.63) is 59.4 Å². The number of aliphatic hydroxyl groups is 1. The van der Waals surface area contributed by atoms with E-state index in [9.17, 15) is 22.7 Å². The van der Waals surface area contributed by atoms with E-state index < -0.39 is 35.9 Å². The quantitative estimate of drug-likeness (QED) is 0.678. The van der Waals surface area contributed by atoms with Crippen LogP contribution in [0.15, 0.2) is 42.7 Å². The third-order valence-corrected chi connectivity index (χ3v) is 5.24. The molecule has 1 N–H and O–H groups in total. The van der Waals surface area contributed by atoms with Gasteiger partial charge in [0.05, 0.1) is 17.5 Å². The number of para-hydroxylation sites is 2. The largest absolute Gasteiger partial charge is 0.379 e. The molecule has 2 aliphatic rings. The molecule has 128 valence electrons. The fourth-order valence-electron chi connectivity index (χ4n) is 4.11. The second kappa shape index (κ2) is 4.22. The van der Waals surface area contributed by atoms with Crippen molar-refractivity contribution in [3.8, 4) is 5.69 Å². The summed E-state index contributed by atoms with van der Waals surface area (Å²) in [7, 11) is 0. The minimum atomic E-state index is -3.61. The number of rotatable bonds is 1. The normalized spacial score (nSPS) is 25.5. The first-order valence-electron chi connectivity index (χ1n) is 7.81. The predicted octanol–water partition coefficient (Wildman–Crippen LogP) is 3.90. The monoisotopic (exact) mass is 348 g/mol. The van der Waals surface area contributed by atoms with E-state index in [-0.39, 0.29) is 11.1 Å². The molecular weight excluding hydrogens is 336 g/mol. The molecule has 25 heavy (non-hydrogen) atoms. The fraction of sp³-hybridized carbons (Fsp3) is 0.278. The molecule has 1 atom stereocenters. The summed E-state index contributed by atoms with van der Waals surface area (Å²) in [5.74, 6) is -7.12. The van der Waals surface area contributed by atoms with Crippen LogP contribution in [0.1, 0.15) is 23.1 Å². The summed E-state index contributed by atoms with van der Waals surface area (Å²) in [4.78, 5) is 4.21. The zero-order valence-electron chi connectivity index (χ0n) is 12.8. The Morgan fingerprint density at radius 1 is 1.08 bits per heavy atom. The maximum absolute atomic E-state index is 14.4. The molecule has 1 aromatic heterocycles. The van der Waals surface area contributed by atoms with Gasteiger partial charge in [0.1, 0.15) is 6.33 Å². The minimum Gasteiger partial charge on any atom is -0.379 e. The number of halogens is 4. The Labute approximate surface area is 139 Å². The molecule has 0 bridgehead atoms. The van der Waals surface area contributed by atoms with Crippen LogP contribution < -0.4 is 0 Å². The highest BCUT2D eigenvalue weighted by atomic mass is 19.3. The molecule has 1 unspecified atom stereocenters. The maximum atomic E-state index is 14.4. The van der Waals surface area contributed by atoms with Crippen molar-refractivity contribution in [1.29, 1.82) is 0 Å². The Hall–Kier alpha value is -2.41. The van der Waals surface area contributed by atoms with Gasteiger partial charge in [-0.1, -0.05) is 12.1 Å². The van der Waals surface area contributed by atoms with Crippen LogP contribution in [0.4, 0.5) is 17.6 Å². The molecule has 1 heterocycles. The topological polar surface area (TPSA) is 38.0 Å². The summed E-state index contributed by atoms with van der Waals surface area (Å²) in [5.41, 5.74) is -1.85. The fourth-order valence-corrected chi connectivity index (χ4v) is 4.11. The molecule has 0 spiro atoms. The molecule has 0 radical (unpaired) electrons. The van der Waals surface area contributed by atoms with E-state index in [1.165, 1.54) is 18.5 Å². The van der Waals surface area contributed by atoms with E-state index in [1.807, 2.05) is 0 Å². The SMILES string of the molecule is OC12CC(F)(F)c3cc(-n4cnc5ccccc54)cc(c31)CC2(F)F. The zero-order chi connectivity index (χ0) is 17.6. The van der Waals surface area contributed by atoms with E-state index in [2.05, 4.69) is 4.98 Å². The van der Waals surface area contributed by atoms with Crippen LogP contribution in [0.2, 0.25) is 0 Å². The van der Waals surface area contributed by atoms with E-state index >= 15 is 0 Å². The van der Waals surface area contributed by atoms with Gasteiger partial charge in [-0.15, -0.1) is 0 Å². The Balaban J connectivity index is 1.80. The highest BCUT2D eigenvalue weighted by Gasteiger charge is 2.69. The first-order valence-corrected chi connectivity index (χ1v) is 7.81. The molecule has 0 aliphatic heterocycles. The molecule has 2 aliphatic carbocycles. The van der Waals surface area contributed by atoms with Crippen molar-refractivity contribution in [2.45, 2.75) is 30.3 Å². The van der Waals surface area contributed by atoms with Gasteiger partial charge >= 0.3 is 0 Å². The number of imidazole rings is 1.